The number of thiophene rings is 1. The smallest absolute Gasteiger partial charge is 0.227 e. The number of amides is 1. The van der Waals surface area contributed by atoms with Crippen molar-refractivity contribution in [2.45, 2.75) is 32.7 Å². The highest BCUT2D eigenvalue weighted by Gasteiger charge is 2.21. The highest BCUT2D eigenvalue weighted by Crippen LogP contribution is 2.23. The minimum absolute atomic E-state index is 0.0326. The lowest BCUT2D eigenvalue weighted by atomic mass is 10.0. The molecule has 1 amide bonds. The number of carbonyl (C=O) groups excluding carboxylic acids is 1. The van der Waals surface area contributed by atoms with Crippen molar-refractivity contribution in [3.8, 4) is 16.8 Å². The molecule has 0 aliphatic rings. The van der Waals surface area contributed by atoms with Crippen molar-refractivity contribution in [3.63, 3.8) is 0 Å². The molecule has 0 fully saturated rings. The molecule has 0 N–H and O–H groups in total. The Labute approximate surface area is 162 Å². The topological polar surface area (TPSA) is 83.0 Å². The number of aryl methyl sites for hydroxylation is 1. The van der Waals surface area contributed by atoms with Crippen LogP contribution < -0.4 is 0 Å². The Morgan fingerprint density at radius 3 is 2.74 bits per heavy atom. The first-order valence-corrected chi connectivity index (χ1v) is 9.66. The van der Waals surface area contributed by atoms with E-state index >= 15 is 0 Å². The molecule has 0 aliphatic heterocycles. The van der Waals surface area contributed by atoms with E-state index in [0.29, 0.717) is 36.7 Å². The minimum Gasteiger partial charge on any atom is -0.339 e. The summed E-state index contributed by atoms with van der Waals surface area (Å²) in [6, 6.07) is 13.2. The lowest BCUT2D eigenvalue weighted by Crippen LogP contribution is -2.33. The third-order valence-corrected chi connectivity index (χ3v) is 5.28. The van der Waals surface area contributed by atoms with E-state index < -0.39 is 0 Å². The molecule has 0 aliphatic carbocycles. The van der Waals surface area contributed by atoms with E-state index in [0.717, 1.165) is 10.4 Å². The molecule has 6 nitrogen and oxygen atoms in total. The zero-order valence-corrected chi connectivity index (χ0v) is 16.1. The third-order valence-electron chi connectivity index (χ3n) is 4.41. The van der Waals surface area contributed by atoms with Gasteiger partial charge in [-0.05, 0) is 43.0 Å². The zero-order valence-electron chi connectivity index (χ0n) is 15.3. The highest BCUT2D eigenvalue weighted by molar-refractivity contribution is 7.13. The molecule has 1 unspecified atom stereocenters. The van der Waals surface area contributed by atoms with Crippen LogP contribution in [0.25, 0.3) is 10.7 Å². The van der Waals surface area contributed by atoms with E-state index in [4.69, 9.17) is 9.78 Å². The van der Waals surface area contributed by atoms with Gasteiger partial charge in [0.2, 0.25) is 17.6 Å². The zero-order chi connectivity index (χ0) is 19.2. The summed E-state index contributed by atoms with van der Waals surface area (Å²) in [5.41, 5.74) is 1.61. The van der Waals surface area contributed by atoms with Gasteiger partial charge in [-0.3, -0.25) is 4.79 Å². The molecule has 0 spiro atoms. The van der Waals surface area contributed by atoms with Crippen molar-refractivity contribution >= 4 is 17.2 Å². The number of nitriles is 1. The van der Waals surface area contributed by atoms with E-state index in [1.54, 1.807) is 23.5 Å². The van der Waals surface area contributed by atoms with Crippen LogP contribution in [0.2, 0.25) is 0 Å². The fraction of sp³-hybridized carbons (Fsp3) is 0.300. The van der Waals surface area contributed by atoms with Gasteiger partial charge in [-0.2, -0.15) is 10.2 Å². The van der Waals surface area contributed by atoms with Gasteiger partial charge in [0.15, 0.2) is 0 Å². The quantitative estimate of drug-likeness (QED) is 0.613. The fourth-order valence-corrected chi connectivity index (χ4v) is 3.55. The van der Waals surface area contributed by atoms with Crippen LogP contribution in [0.3, 0.4) is 0 Å². The first-order chi connectivity index (χ1) is 13.1. The summed E-state index contributed by atoms with van der Waals surface area (Å²) >= 11 is 1.55. The number of aromatic nitrogens is 2. The summed E-state index contributed by atoms with van der Waals surface area (Å²) < 4.78 is 5.27. The van der Waals surface area contributed by atoms with Crippen LogP contribution >= 0.6 is 11.3 Å². The molecule has 2 heterocycles. The molecule has 1 aromatic carbocycles. The Kier molecular flexibility index (Phi) is 5.99. The Hall–Kier alpha value is -2.98. The summed E-state index contributed by atoms with van der Waals surface area (Å²) in [6.45, 7) is 4.55. The van der Waals surface area contributed by atoms with Gasteiger partial charge in [-0.1, -0.05) is 23.4 Å². The lowest BCUT2D eigenvalue weighted by molar-refractivity contribution is -0.133. The van der Waals surface area contributed by atoms with Gasteiger partial charge in [0.25, 0.3) is 0 Å². The van der Waals surface area contributed by atoms with Gasteiger partial charge in [0, 0.05) is 19.4 Å². The van der Waals surface area contributed by atoms with Gasteiger partial charge in [0.1, 0.15) is 0 Å². The van der Waals surface area contributed by atoms with E-state index in [1.165, 1.54) is 0 Å². The van der Waals surface area contributed by atoms with Crippen molar-refractivity contribution in [1.82, 2.24) is 15.0 Å². The predicted molar refractivity (Wildman–Crippen MR) is 103 cm³/mol. The van der Waals surface area contributed by atoms with Gasteiger partial charge < -0.3 is 9.42 Å². The first kappa shape index (κ1) is 18.8. The molecule has 3 aromatic rings. The molecular formula is C20H20N4O2S. The molecule has 2 aromatic heterocycles. The largest absolute Gasteiger partial charge is 0.339 e. The van der Waals surface area contributed by atoms with Crippen LogP contribution in [0.15, 0.2) is 46.3 Å². The maximum atomic E-state index is 12.7. The lowest BCUT2D eigenvalue weighted by Gasteiger charge is -2.28. The molecule has 138 valence electrons. The Bertz CT molecular complexity index is 926. The third kappa shape index (κ3) is 4.41. The number of rotatable bonds is 7. The summed E-state index contributed by atoms with van der Waals surface area (Å²) in [4.78, 5) is 19.8. The first-order valence-electron chi connectivity index (χ1n) is 8.78. The molecule has 0 saturated heterocycles. The Morgan fingerprint density at radius 2 is 2.11 bits per heavy atom. The maximum absolute atomic E-state index is 12.7. The number of nitrogens with zero attached hydrogens (tertiary/aromatic N) is 4. The molecule has 7 heteroatoms. The second-order valence-corrected chi connectivity index (χ2v) is 7.03. The summed E-state index contributed by atoms with van der Waals surface area (Å²) in [5.74, 6) is 1.06. The summed E-state index contributed by atoms with van der Waals surface area (Å²) in [6.07, 6.45) is 0.717. The highest BCUT2D eigenvalue weighted by atomic mass is 32.1. The molecule has 27 heavy (non-hydrogen) atoms. The van der Waals surface area contributed by atoms with Crippen LogP contribution in [0.4, 0.5) is 0 Å². The van der Waals surface area contributed by atoms with E-state index in [2.05, 4.69) is 16.2 Å². The van der Waals surface area contributed by atoms with Gasteiger partial charge in [-0.15, -0.1) is 11.3 Å². The average Bonchev–Trinajstić information content (AvgIpc) is 3.38. The molecular weight excluding hydrogens is 360 g/mol. The Balaban J connectivity index is 1.62. The molecule has 0 bridgehead atoms. The molecule has 3 rings (SSSR count). The van der Waals surface area contributed by atoms with E-state index in [-0.39, 0.29) is 11.9 Å². The number of benzene rings is 1. The molecule has 0 saturated carbocycles. The average molecular weight is 380 g/mol. The van der Waals surface area contributed by atoms with Crippen molar-refractivity contribution in [3.05, 3.63) is 58.8 Å². The van der Waals surface area contributed by atoms with Crippen molar-refractivity contribution in [1.29, 1.82) is 5.26 Å². The van der Waals surface area contributed by atoms with Crippen LogP contribution in [-0.4, -0.2) is 27.5 Å². The van der Waals surface area contributed by atoms with Crippen LogP contribution in [0.5, 0.6) is 0 Å². The maximum Gasteiger partial charge on any atom is 0.227 e. The van der Waals surface area contributed by atoms with Crippen molar-refractivity contribution < 1.29 is 9.32 Å². The van der Waals surface area contributed by atoms with E-state index in [1.807, 2.05) is 48.4 Å². The molecule has 0 radical (unpaired) electrons. The molecule has 1 atom stereocenters. The normalized spacial score (nSPS) is 11.7. The van der Waals surface area contributed by atoms with Gasteiger partial charge in [-0.25, -0.2) is 0 Å². The van der Waals surface area contributed by atoms with Crippen LogP contribution in [0.1, 0.15) is 43.3 Å². The predicted octanol–water partition coefficient (Wildman–Crippen LogP) is 4.21. The second kappa shape index (κ2) is 8.60. The van der Waals surface area contributed by atoms with Crippen LogP contribution in [-0.2, 0) is 11.2 Å². The van der Waals surface area contributed by atoms with Crippen molar-refractivity contribution in [2.75, 3.05) is 6.54 Å². The van der Waals surface area contributed by atoms with Gasteiger partial charge in [0.05, 0.1) is 22.6 Å². The SMILES string of the molecule is CCN(C(=O)CCc1nc(-c2cccs2)no1)C(C)c1ccc(C#N)cc1. The minimum atomic E-state index is -0.0698. The van der Waals surface area contributed by atoms with Crippen molar-refractivity contribution in [2.24, 2.45) is 0 Å². The monoisotopic (exact) mass is 380 g/mol. The summed E-state index contributed by atoms with van der Waals surface area (Å²) in [7, 11) is 0. The second-order valence-electron chi connectivity index (χ2n) is 6.08. The number of carbonyl (C=O) groups is 1. The Morgan fingerprint density at radius 1 is 1.33 bits per heavy atom. The number of hydrogen-bond donors (Lipinski definition) is 0. The van der Waals surface area contributed by atoms with E-state index in [9.17, 15) is 4.79 Å². The van der Waals surface area contributed by atoms with Crippen LogP contribution in [0, 0.1) is 11.3 Å². The standard InChI is InChI=1S/C20H20N4O2S/c1-3-24(14(2)16-8-6-15(13-21)7-9-16)19(25)11-10-18-22-20(23-26-18)17-5-4-12-27-17/h4-9,12,14H,3,10-11H2,1-2H3. The van der Waals surface area contributed by atoms with Gasteiger partial charge >= 0.3 is 0 Å². The summed E-state index contributed by atoms with van der Waals surface area (Å²) in [5, 5.41) is 14.8. The fourth-order valence-electron chi connectivity index (χ4n) is 2.90. The number of hydrogen-bond acceptors (Lipinski definition) is 6.